The monoisotopic (exact) mass is 330 g/mol. The van der Waals surface area contributed by atoms with Gasteiger partial charge in [0.25, 0.3) is 0 Å². The molecule has 8 nitrogen and oxygen atoms in total. The Morgan fingerprint density at radius 2 is 1.52 bits per heavy atom. The number of carboxylic acid groups (broad SMARTS) is 1. The number of carbonyl (C=O) groups is 3. The minimum Gasteiger partial charge on any atom is -0.481 e. The largest absolute Gasteiger partial charge is 0.481 e. The van der Waals surface area contributed by atoms with E-state index in [1.165, 1.54) is 4.90 Å². The van der Waals surface area contributed by atoms with Crippen molar-refractivity contribution in [1.82, 2.24) is 10.2 Å². The van der Waals surface area contributed by atoms with Crippen LogP contribution in [0.5, 0.6) is 0 Å². The number of nitrogens with zero attached hydrogens (tertiary/aromatic N) is 1. The molecule has 2 atom stereocenters. The maximum Gasteiger partial charge on any atom is 0.410 e. The molecule has 0 bridgehead atoms. The first-order valence-electron chi connectivity index (χ1n) is 7.49. The Morgan fingerprint density at radius 3 is 1.96 bits per heavy atom. The fourth-order valence-corrected chi connectivity index (χ4v) is 2.13. The Bertz CT molecular complexity index is 477. The molecule has 0 radical (unpaired) electrons. The number of nitrogens with one attached hydrogen (secondary N) is 1. The topological polar surface area (TPSA) is 105 Å². The van der Waals surface area contributed by atoms with Gasteiger partial charge in [-0.1, -0.05) is 0 Å². The van der Waals surface area contributed by atoms with Crippen LogP contribution in [0.2, 0.25) is 0 Å². The number of hydrogen-bond donors (Lipinski definition) is 2. The normalized spacial score (nSPS) is 21.7. The lowest BCUT2D eigenvalue weighted by molar-refractivity contribution is -0.141. The van der Waals surface area contributed by atoms with Crippen LogP contribution in [0.4, 0.5) is 9.59 Å². The van der Waals surface area contributed by atoms with E-state index in [4.69, 9.17) is 9.47 Å². The first-order chi connectivity index (χ1) is 10.3. The first kappa shape index (κ1) is 19.1. The molecule has 0 aromatic carbocycles. The molecule has 0 saturated carbocycles. The molecule has 0 aromatic heterocycles. The Balaban J connectivity index is 2.73. The summed E-state index contributed by atoms with van der Waals surface area (Å²) in [5, 5.41) is 11.8. The molecule has 1 saturated heterocycles. The lowest BCUT2D eigenvalue weighted by Crippen LogP contribution is -2.45. The van der Waals surface area contributed by atoms with Gasteiger partial charge in [-0.15, -0.1) is 0 Å². The number of hydrogen-bond acceptors (Lipinski definition) is 5. The fraction of sp³-hybridized carbons (Fsp3) is 0.800. The second-order valence-corrected chi connectivity index (χ2v) is 7.58. The summed E-state index contributed by atoms with van der Waals surface area (Å²) in [7, 11) is 0. The van der Waals surface area contributed by atoms with Crippen molar-refractivity contribution in [3.63, 3.8) is 0 Å². The van der Waals surface area contributed by atoms with Crippen molar-refractivity contribution in [2.75, 3.05) is 13.1 Å². The van der Waals surface area contributed by atoms with E-state index in [1.54, 1.807) is 41.5 Å². The number of rotatable bonds is 2. The Labute approximate surface area is 136 Å². The molecule has 1 fully saturated rings. The van der Waals surface area contributed by atoms with Gasteiger partial charge in [-0.2, -0.15) is 0 Å². The van der Waals surface area contributed by atoms with Crippen molar-refractivity contribution in [1.29, 1.82) is 0 Å². The zero-order valence-electron chi connectivity index (χ0n) is 14.5. The summed E-state index contributed by atoms with van der Waals surface area (Å²) < 4.78 is 10.4. The van der Waals surface area contributed by atoms with E-state index in [1.807, 2.05) is 0 Å². The molecule has 23 heavy (non-hydrogen) atoms. The molecular weight excluding hydrogens is 304 g/mol. The van der Waals surface area contributed by atoms with Gasteiger partial charge in [0.15, 0.2) is 0 Å². The molecule has 1 aliphatic heterocycles. The minimum atomic E-state index is -1.09. The minimum absolute atomic E-state index is 0.0231. The van der Waals surface area contributed by atoms with Crippen LogP contribution in [-0.4, -0.2) is 58.5 Å². The number of carbonyl (C=O) groups excluding carboxylic acids is 2. The Kier molecular flexibility index (Phi) is 5.50. The summed E-state index contributed by atoms with van der Waals surface area (Å²) in [6.07, 6.45) is -1.31. The molecule has 1 rings (SSSR count). The Morgan fingerprint density at radius 1 is 1.00 bits per heavy atom. The quantitative estimate of drug-likeness (QED) is 0.800. The van der Waals surface area contributed by atoms with Crippen LogP contribution in [0.3, 0.4) is 0 Å². The van der Waals surface area contributed by atoms with E-state index in [-0.39, 0.29) is 13.1 Å². The fourth-order valence-electron chi connectivity index (χ4n) is 2.13. The summed E-state index contributed by atoms with van der Waals surface area (Å²) in [5.74, 6) is -1.99. The third-order valence-corrected chi connectivity index (χ3v) is 2.99. The van der Waals surface area contributed by atoms with Gasteiger partial charge in [-0.3, -0.25) is 4.79 Å². The summed E-state index contributed by atoms with van der Waals surface area (Å²) >= 11 is 0. The molecular formula is C15H26N2O6. The van der Waals surface area contributed by atoms with Gasteiger partial charge in [-0.05, 0) is 41.5 Å². The van der Waals surface area contributed by atoms with Crippen LogP contribution in [-0.2, 0) is 14.3 Å². The van der Waals surface area contributed by atoms with Crippen molar-refractivity contribution in [2.45, 2.75) is 58.8 Å². The molecule has 1 aliphatic rings. The van der Waals surface area contributed by atoms with E-state index in [2.05, 4.69) is 5.32 Å². The highest BCUT2D eigenvalue weighted by Gasteiger charge is 2.42. The molecule has 1 heterocycles. The lowest BCUT2D eigenvalue weighted by atomic mass is 10.0. The molecule has 0 aromatic rings. The average molecular weight is 330 g/mol. The third kappa shape index (κ3) is 6.33. The Hall–Kier alpha value is -1.99. The van der Waals surface area contributed by atoms with Crippen molar-refractivity contribution in [2.24, 2.45) is 5.92 Å². The average Bonchev–Trinajstić information content (AvgIpc) is 2.67. The number of alkyl carbamates (subject to hydrolysis) is 1. The van der Waals surface area contributed by atoms with Gasteiger partial charge < -0.3 is 24.8 Å². The molecule has 0 aliphatic carbocycles. The highest BCUT2D eigenvalue weighted by Crippen LogP contribution is 2.21. The lowest BCUT2D eigenvalue weighted by Gasteiger charge is -2.24. The number of amides is 2. The molecule has 132 valence electrons. The van der Waals surface area contributed by atoms with Crippen molar-refractivity contribution in [3.8, 4) is 0 Å². The maximum atomic E-state index is 12.1. The van der Waals surface area contributed by atoms with Gasteiger partial charge in [0, 0.05) is 13.1 Å². The number of ether oxygens (including phenoxy) is 2. The van der Waals surface area contributed by atoms with Crippen LogP contribution >= 0.6 is 0 Å². The van der Waals surface area contributed by atoms with E-state index >= 15 is 0 Å². The molecule has 0 spiro atoms. The third-order valence-electron chi connectivity index (χ3n) is 2.99. The van der Waals surface area contributed by atoms with Gasteiger partial charge in [0.1, 0.15) is 11.2 Å². The predicted octanol–water partition coefficient (Wildman–Crippen LogP) is 1.83. The SMILES string of the molecule is CC(C)(C)OC(=O)N[C@@H]1CN(C(=O)OC(C)(C)C)C[C@H]1C(=O)O. The van der Waals surface area contributed by atoms with Crippen molar-refractivity contribution >= 4 is 18.2 Å². The molecule has 0 unspecified atom stereocenters. The summed E-state index contributed by atoms with van der Waals surface area (Å²) in [6.45, 7) is 10.4. The van der Waals surface area contributed by atoms with Crippen LogP contribution in [0.15, 0.2) is 0 Å². The number of aliphatic carboxylic acids is 1. The highest BCUT2D eigenvalue weighted by atomic mass is 16.6. The van der Waals surface area contributed by atoms with Gasteiger partial charge in [-0.25, -0.2) is 9.59 Å². The van der Waals surface area contributed by atoms with E-state index < -0.39 is 41.3 Å². The molecule has 2 N–H and O–H groups in total. The number of carboxylic acids is 1. The summed E-state index contributed by atoms with van der Waals surface area (Å²) in [6, 6.07) is -0.727. The molecule has 8 heteroatoms. The zero-order valence-corrected chi connectivity index (χ0v) is 14.5. The summed E-state index contributed by atoms with van der Waals surface area (Å²) in [5.41, 5.74) is -1.36. The van der Waals surface area contributed by atoms with Crippen LogP contribution in [0.25, 0.3) is 0 Å². The second-order valence-electron chi connectivity index (χ2n) is 7.58. The number of likely N-dealkylation sites (tertiary alicyclic amines) is 1. The second kappa shape index (κ2) is 6.64. The van der Waals surface area contributed by atoms with E-state index in [0.29, 0.717) is 0 Å². The summed E-state index contributed by atoms with van der Waals surface area (Å²) in [4.78, 5) is 36.5. The van der Waals surface area contributed by atoms with Crippen LogP contribution in [0, 0.1) is 5.92 Å². The zero-order chi connectivity index (χ0) is 18.0. The van der Waals surface area contributed by atoms with Gasteiger partial charge in [0.05, 0.1) is 12.0 Å². The van der Waals surface area contributed by atoms with E-state index in [9.17, 15) is 19.5 Å². The highest BCUT2D eigenvalue weighted by molar-refractivity contribution is 5.77. The van der Waals surface area contributed by atoms with Gasteiger partial charge >= 0.3 is 18.2 Å². The maximum absolute atomic E-state index is 12.1. The van der Waals surface area contributed by atoms with Crippen molar-refractivity contribution < 1.29 is 29.0 Å². The smallest absolute Gasteiger partial charge is 0.410 e. The molecule has 2 amide bonds. The predicted molar refractivity (Wildman–Crippen MR) is 82.1 cm³/mol. The van der Waals surface area contributed by atoms with E-state index in [0.717, 1.165) is 0 Å². The van der Waals surface area contributed by atoms with Crippen molar-refractivity contribution in [3.05, 3.63) is 0 Å². The van der Waals surface area contributed by atoms with Crippen LogP contribution in [0.1, 0.15) is 41.5 Å². The van der Waals surface area contributed by atoms with Gasteiger partial charge in [0.2, 0.25) is 0 Å². The standard InChI is InChI=1S/C15H26N2O6/c1-14(2,3)22-12(20)16-10-8-17(7-9(10)11(18)19)13(21)23-15(4,5)6/h9-10H,7-8H2,1-6H3,(H,16,20)(H,18,19)/t9-,10-/m1/s1. The van der Waals surface area contributed by atoms with Crippen LogP contribution < -0.4 is 5.32 Å². The first-order valence-corrected chi connectivity index (χ1v) is 7.49.